The molecule has 5 heteroatoms. The molecule has 19 heavy (non-hydrogen) atoms. The molecule has 4 nitrogen and oxygen atoms in total. The highest BCUT2D eigenvalue weighted by atomic mass is 32.1. The lowest BCUT2D eigenvalue weighted by atomic mass is 10.2. The number of benzene rings is 1. The van der Waals surface area contributed by atoms with Crippen LogP contribution in [0.5, 0.6) is 5.75 Å². The Labute approximate surface area is 115 Å². The zero-order valence-corrected chi connectivity index (χ0v) is 11.2. The van der Waals surface area contributed by atoms with E-state index in [0.717, 1.165) is 11.3 Å². The van der Waals surface area contributed by atoms with E-state index in [4.69, 9.17) is 10.5 Å². The molecule has 0 aliphatic carbocycles. The standard InChI is InChI=1S/C14H14N2O2S/c15-6-2-4-12-3-1-5-13(11-12)18-9-7-16-8-10-19-14(16)17/h1,3,5,8,10-11H,6-7,9,15H2. The quantitative estimate of drug-likeness (QED) is 0.855. The third-order valence-electron chi connectivity index (χ3n) is 2.41. The van der Waals surface area contributed by atoms with E-state index in [1.807, 2.05) is 24.3 Å². The van der Waals surface area contributed by atoms with Gasteiger partial charge in [0.1, 0.15) is 12.4 Å². The highest BCUT2D eigenvalue weighted by Gasteiger charge is 1.98. The van der Waals surface area contributed by atoms with Crippen molar-refractivity contribution in [2.75, 3.05) is 13.2 Å². The predicted molar refractivity (Wildman–Crippen MR) is 76.4 cm³/mol. The Morgan fingerprint density at radius 2 is 2.32 bits per heavy atom. The number of aromatic nitrogens is 1. The maximum atomic E-state index is 11.3. The van der Waals surface area contributed by atoms with E-state index in [1.165, 1.54) is 11.3 Å². The van der Waals surface area contributed by atoms with Crippen molar-refractivity contribution in [2.45, 2.75) is 6.54 Å². The Hall–Kier alpha value is -2.03. The van der Waals surface area contributed by atoms with Gasteiger partial charge in [-0.05, 0) is 18.2 Å². The van der Waals surface area contributed by atoms with Crippen molar-refractivity contribution >= 4 is 11.3 Å². The van der Waals surface area contributed by atoms with Gasteiger partial charge >= 0.3 is 4.87 Å². The van der Waals surface area contributed by atoms with Crippen molar-refractivity contribution < 1.29 is 4.74 Å². The van der Waals surface area contributed by atoms with Crippen LogP contribution in [0.4, 0.5) is 0 Å². The Morgan fingerprint density at radius 3 is 3.05 bits per heavy atom. The van der Waals surface area contributed by atoms with Crippen LogP contribution in [0.2, 0.25) is 0 Å². The minimum absolute atomic E-state index is 0.0335. The summed E-state index contributed by atoms with van der Waals surface area (Å²) < 4.78 is 7.23. The van der Waals surface area contributed by atoms with Crippen LogP contribution in [-0.4, -0.2) is 17.7 Å². The Balaban J connectivity index is 1.93. The normalized spacial score (nSPS) is 9.74. The summed E-state index contributed by atoms with van der Waals surface area (Å²) in [6.07, 6.45) is 1.76. The molecule has 0 spiro atoms. The molecule has 1 heterocycles. The van der Waals surface area contributed by atoms with Gasteiger partial charge in [-0.15, -0.1) is 0 Å². The van der Waals surface area contributed by atoms with Crippen molar-refractivity contribution in [3.05, 3.63) is 51.1 Å². The number of hydrogen-bond acceptors (Lipinski definition) is 4. The van der Waals surface area contributed by atoms with Crippen molar-refractivity contribution in [3.8, 4) is 17.6 Å². The van der Waals surface area contributed by atoms with Crippen LogP contribution in [0.25, 0.3) is 0 Å². The third kappa shape index (κ3) is 3.98. The second-order valence-electron chi connectivity index (χ2n) is 3.74. The summed E-state index contributed by atoms with van der Waals surface area (Å²) >= 11 is 1.18. The first-order chi connectivity index (χ1) is 9.29. The van der Waals surface area contributed by atoms with Crippen LogP contribution in [0, 0.1) is 11.8 Å². The predicted octanol–water partition coefficient (Wildman–Crippen LogP) is 1.30. The van der Waals surface area contributed by atoms with E-state index in [-0.39, 0.29) is 4.87 Å². The molecule has 1 aromatic carbocycles. The van der Waals surface area contributed by atoms with Crippen LogP contribution in [0.1, 0.15) is 5.56 Å². The van der Waals surface area contributed by atoms with Gasteiger partial charge in [-0.25, -0.2) is 0 Å². The molecule has 0 aliphatic rings. The summed E-state index contributed by atoms with van der Waals surface area (Å²) in [7, 11) is 0. The van der Waals surface area contributed by atoms with E-state index in [9.17, 15) is 4.79 Å². The minimum Gasteiger partial charge on any atom is -0.492 e. The van der Waals surface area contributed by atoms with Gasteiger partial charge in [0, 0.05) is 17.1 Å². The highest BCUT2D eigenvalue weighted by molar-refractivity contribution is 7.07. The monoisotopic (exact) mass is 274 g/mol. The second kappa shape index (κ2) is 6.78. The average Bonchev–Trinajstić information content (AvgIpc) is 2.83. The fourth-order valence-electron chi connectivity index (χ4n) is 1.54. The second-order valence-corrected chi connectivity index (χ2v) is 4.60. The van der Waals surface area contributed by atoms with Crippen molar-refractivity contribution in [3.63, 3.8) is 0 Å². The third-order valence-corrected chi connectivity index (χ3v) is 3.11. The number of nitrogens with zero attached hydrogens (tertiary/aromatic N) is 1. The summed E-state index contributed by atoms with van der Waals surface area (Å²) in [5, 5.41) is 1.77. The van der Waals surface area contributed by atoms with Crippen LogP contribution in [-0.2, 0) is 6.54 Å². The molecular weight excluding hydrogens is 260 g/mol. The first kappa shape index (κ1) is 13.4. The molecular formula is C14H14N2O2S. The average molecular weight is 274 g/mol. The van der Waals surface area contributed by atoms with E-state index in [2.05, 4.69) is 11.8 Å². The molecule has 2 N–H and O–H groups in total. The molecule has 0 fully saturated rings. The summed E-state index contributed by atoms with van der Waals surface area (Å²) in [6.45, 7) is 1.33. The smallest absolute Gasteiger partial charge is 0.307 e. The lowest BCUT2D eigenvalue weighted by Crippen LogP contribution is -2.16. The Kier molecular flexibility index (Phi) is 4.78. The van der Waals surface area contributed by atoms with Crippen LogP contribution < -0.4 is 15.3 Å². The molecule has 98 valence electrons. The Bertz CT molecular complexity index is 649. The molecule has 2 aromatic rings. The first-order valence-electron chi connectivity index (χ1n) is 5.85. The van der Waals surface area contributed by atoms with Gasteiger partial charge in [0.25, 0.3) is 0 Å². The molecule has 0 amide bonds. The van der Waals surface area contributed by atoms with Crippen LogP contribution in [0.3, 0.4) is 0 Å². The van der Waals surface area contributed by atoms with Crippen molar-refractivity contribution in [1.29, 1.82) is 0 Å². The largest absolute Gasteiger partial charge is 0.492 e. The van der Waals surface area contributed by atoms with Gasteiger partial charge in [-0.2, -0.15) is 0 Å². The Morgan fingerprint density at radius 1 is 1.42 bits per heavy atom. The number of nitrogens with two attached hydrogens (primary N) is 1. The topological polar surface area (TPSA) is 57.2 Å². The number of thiazole rings is 1. The highest BCUT2D eigenvalue weighted by Crippen LogP contribution is 2.12. The van der Waals surface area contributed by atoms with Gasteiger partial charge in [-0.1, -0.05) is 29.2 Å². The van der Waals surface area contributed by atoms with E-state index in [0.29, 0.717) is 19.7 Å². The lowest BCUT2D eigenvalue weighted by Gasteiger charge is -2.06. The molecule has 0 unspecified atom stereocenters. The van der Waals surface area contributed by atoms with Crippen LogP contribution >= 0.6 is 11.3 Å². The molecule has 0 saturated heterocycles. The molecule has 0 bridgehead atoms. The van der Waals surface area contributed by atoms with Crippen molar-refractivity contribution in [1.82, 2.24) is 4.57 Å². The van der Waals surface area contributed by atoms with Gasteiger partial charge < -0.3 is 15.0 Å². The summed E-state index contributed by atoms with van der Waals surface area (Å²) in [5.74, 6) is 6.49. The number of hydrogen-bond donors (Lipinski definition) is 1. The van der Waals surface area contributed by atoms with Gasteiger partial charge in [0.15, 0.2) is 0 Å². The van der Waals surface area contributed by atoms with Gasteiger partial charge in [0.2, 0.25) is 0 Å². The zero-order valence-electron chi connectivity index (χ0n) is 10.3. The van der Waals surface area contributed by atoms with E-state index < -0.39 is 0 Å². The zero-order chi connectivity index (χ0) is 13.5. The van der Waals surface area contributed by atoms with Gasteiger partial charge in [-0.3, -0.25) is 4.79 Å². The maximum absolute atomic E-state index is 11.3. The number of ether oxygens (including phenoxy) is 1. The van der Waals surface area contributed by atoms with Crippen LogP contribution in [0.15, 0.2) is 40.6 Å². The SMILES string of the molecule is NCC#Cc1cccc(OCCn2ccsc2=O)c1. The molecule has 0 saturated carbocycles. The maximum Gasteiger partial charge on any atom is 0.307 e. The molecule has 2 rings (SSSR count). The van der Waals surface area contributed by atoms with E-state index in [1.54, 1.807) is 16.1 Å². The fourth-order valence-corrected chi connectivity index (χ4v) is 2.15. The summed E-state index contributed by atoms with van der Waals surface area (Å²) in [5.41, 5.74) is 6.20. The molecule has 1 aromatic heterocycles. The number of rotatable bonds is 4. The molecule has 0 atom stereocenters. The van der Waals surface area contributed by atoms with Gasteiger partial charge in [0.05, 0.1) is 13.1 Å². The lowest BCUT2D eigenvalue weighted by molar-refractivity contribution is 0.297. The molecule has 0 radical (unpaired) electrons. The fraction of sp³-hybridized carbons (Fsp3) is 0.214. The van der Waals surface area contributed by atoms with Crippen molar-refractivity contribution in [2.24, 2.45) is 5.73 Å². The first-order valence-corrected chi connectivity index (χ1v) is 6.73. The molecule has 0 aliphatic heterocycles. The minimum atomic E-state index is 0.0335. The summed E-state index contributed by atoms with van der Waals surface area (Å²) in [4.78, 5) is 11.4. The summed E-state index contributed by atoms with van der Waals surface area (Å²) in [6, 6.07) is 7.51. The van der Waals surface area contributed by atoms with E-state index >= 15 is 0 Å².